The minimum atomic E-state index is -3.32. The quantitative estimate of drug-likeness (QED) is 0.655. The summed E-state index contributed by atoms with van der Waals surface area (Å²) in [6.45, 7) is 1.01. The lowest BCUT2D eigenvalue weighted by molar-refractivity contribution is 0.579. The summed E-state index contributed by atoms with van der Waals surface area (Å²) in [5.74, 6) is 0. The molecule has 14 heavy (non-hydrogen) atoms. The highest BCUT2D eigenvalue weighted by Crippen LogP contribution is 2.07. The van der Waals surface area contributed by atoms with E-state index in [4.69, 9.17) is 0 Å². The van der Waals surface area contributed by atoms with Gasteiger partial charge in [0.05, 0.1) is 4.90 Å². The van der Waals surface area contributed by atoms with Gasteiger partial charge in [-0.15, -0.1) is 0 Å². The zero-order valence-electron chi connectivity index (χ0n) is 8.32. The van der Waals surface area contributed by atoms with Crippen LogP contribution in [0, 0.1) is 0 Å². The number of aromatic nitrogens is 1. The minimum absolute atomic E-state index is 0.302. The molecule has 1 aromatic rings. The van der Waals surface area contributed by atoms with Gasteiger partial charge in [-0.05, 0) is 13.1 Å². The lowest BCUT2D eigenvalue weighted by atomic mass is 10.7. The predicted molar refractivity (Wildman–Crippen MR) is 54.5 cm³/mol. The Bertz CT molecular complexity index is 383. The largest absolute Gasteiger partial charge is 0.356 e. The fraction of sp³-hybridized carbons (Fsp3) is 0.500. The third-order valence-corrected chi connectivity index (χ3v) is 3.23. The Morgan fingerprint density at radius 1 is 1.43 bits per heavy atom. The Morgan fingerprint density at radius 3 is 2.64 bits per heavy atom. The fourth-order valence-electron chi connectivity index (χ4n) is 1.03. The molecule has 80 valence electrons. The number of rotatable bonds is 5. The van der Waals surface area contributed by atoms with Crippen molar-refractivity contribution in [1.82, 2.24) is 14.6 Å². The van der Waals surface area contributed by atoms with Crippen molar-refractivity contribution in [2.75, 3.05) is 20.1 Å². The van der Waals surface area contributed by atoms with Crippen molar-refractivity contribution >= 4 is 10.0 Å². The molecule has 0 saturated heterocycles. The molecule has 0 fully saturated rings. The van der Waals surface area contributed by atoms with Gasteiger partial charge in [0.2, 0.25) is 10.0 Å². The van der Waals surface area contributed by atoms with Gasteiger partial charge in [0.1, 0.15) is 0 Å². The molecule has 0 spiro atoms. The molecule has 0 amide bonds. The summed E-state index contributed by atoms with van der Waals surface area (Å²) in [5.41, 5.74) is 0. The van der Waals surface area contributed by atoms with Crippen molar-refractivity contribution < 1.29 is 8.42 Å². The van der Waals surface area contributed by atoms with Crippen LogP contribution >= 0.6 is 0 Å². The van der Waals surface area contributed by atoms with E-state index in [1.54, 1.807) is 37.1 Å². The van der Waals surface area contributed by atoms with Crippen LogP contribution in [0.1, 0.15) is 0 Å². The summed E-state index contributed by atoms with van der Waals surface area (Å²) < 4.78 is 27.3. The summed E-state index contributed by atoms with van der Waals surface area (Å²) in [4.78, 5) is 0.302. The van der Waals surface area contributed by atoms with Crippen molar-refractivity contribution in [3.63, 3.8) is 0 Å². The molecular formula is C8H15N3O2S. The highest BCUT2D eigenvalue weighted by Gasteiger charge is 2.13. The van der Waals surface area contributed by atoms with Crippen LogP contribution in [0.5, 0.6) is 0 Å². The van der Waals surface area contributed by atoms with Gasteiger partial charge in [-0.3, -0.25) is 0 Å². The first-order valence-electron chi connectivity index (χ1n) is 4.32. The molecule has 2 N–H and O–H groups in total. The van der Waals surface area contributed by atoms with Crippen LogP contribution in [0.4, 0.5) is 0 Å². The van der Waals surface area contributed by atoms with E-state index in [1.165, 1.54) is 0 Å². The number of likely N-dealkylation sites (N-methyl/N-ethyl adjacent to an activating group) is 1. The summed E-state index contributed by atoms with van der Waals surface area (Å²) in [5, 5.41) is 2.86. The molecule has 1 rings (SSSR count). The fourth-order valence-corrected chi connectivity index (χ4v) is 2.11. The summed E-state index contributed by atoms with van der Waals surface area (Å²) in [6, 6.07) is 1.57. The summed E-state index contributed by atoms with van der Waals surface area (Å²) >= 11 is 0. The highest BCUT2D eigenvalue weighted by atomic mass is 32.2. The molecule has 0 radical (unpaired) electrons. The van der Waals surface area contributed by atoms with Crippen LogP contribution in [0.3, 0.4) is 0 Å². The maximum atomic E-state index is 11.6. The van der Waals surface area contributed by atoms with E-state index in [0.717, 1.165) is 0 Å². The van der Waals surface area contributed by atoms with Gasteiger partial charge in [-0.25, -0.2) is 13.1 Å². The monoisotopic (exact) mass is 217 g/mol. The predicted octanol–water partition coefficient (Wildman–Crippen LogP) is -0.477. The zero-order chi connectivity index (χ0) is 10.6. The van der Waals surface area contributed by atoms with Crippen LogP contribution in [0.15, 0.2) is 23.4 Å². The average molecular weight is 217 g/mol. The van der Waals surface area contributed by atoms with Crippen molar-refractivity contribution in [3.05, 3.63) is 18.5 Å². The second-order valence-corrected chi connectivity index (χ2v) is 4.78. The lowest BCUT2D eigenvalue weighted by Crippen LogP contribution is -2.30. The van der Waals surface area contributed by atoms with Gasteiger partial charge >= 0.3 is 0 Å². The molecule has 0 bridgehead atoms. The van der Waals surface area contributed by atoms with Crippen LogP contribution in [0.25, 0.3) is 0 Å². The first-order chi connectivity index (χ1) is 6.56. The molecule has 0 aliphatic carbocycles. The third-order valence-electron chi connectivity index (χ3n) is 1.78. The maximum absolute atomic E-state index is 11.6. The Labute approximate surface area is 84.2 Å². The van der Waals surface area contributed by atoms with Gasteiger partial charge < -0.3 is 9.88 Å². The molecular weight excluding hydrogens is 202 g/mol. The highest BCUT2D eigenvalue weighted by molar-refractivity contribution is 7.89. The number of hydrogen-bond donors (Lipinski definition) is 2. The van der Waals surface area contributed by atoms with E-state index < -0.39 is 10.0 Å². The first-order valence-corrected chi connectivity index (χ1v) is 5.81. The average Bonchev–Trinajstić information content (AvgIpc) is 2.53. The molecule has 6 heteroatoms. The number of aryl methyl sites for hydroxylation is 1. The number of nitrogens with zero attached hydrogens (tertiary/aromatic N) is 1. The normalized spacial score (nSPS) is 11.9. The van der Waals surface area contributed by atoms with E-state index in [1.807, 2.05) is 0 Å². The Balaban J connectivity index is 2.66. The van der Waals surface area contributed by atoms with Gasteiger partial charge in [-0.2, -0.15) is 0 Å². The Kier molecular flexibility index (Phi) is 3.68. The zero-order valence-corrected chi connectivity index (χ0v) is 9.13. The summed E-state index contributed by atoms with van der Waals surface area (Å²) in [7, 11) is 0.236. The topological polar surface area (TPSA) is 63.1 Å². The van der Waals surface area contributed by atoms with E-state index >= 15 is 0 Å². The van der Waals surface area contributed by atoms with Gasteiger partial charge in [-0.1, -0.05) is 0 Å². The maximum Gasteiger partial charge on any atom is 0.242 e. The lowest BCUT2D eigenvalue weighted by Gasteiger charge is -2.03. The van der Waals surface area contributed by atoms with Crippen molar-refractivity contribution in [2.24, 2.45) is 7.05 Å². The van der Waals surface area contributed by atoms with Gasteiger partial charge in [0.25, 0.3) is 0 Å². The van der Waals surface area contributed by atoms with E-state index in [-0.39, 0.29) is 0 Å². The van der Waals surface area contributed by atoms with Crippen molar-refractivity contribution in [3.8, 4) is 0 Å². The number of nitrogens with one attached hydrogen (secondary N) is 2. The summed E-state index contributed by atoms with van der Waals surface area (Å²) in [6.07, 6.45) is 3.27. The molecule has 0 unspecified atom stereocenters. The smallest absolute Gasteiger partial charge is 0.242 e. The van der Waals surface area contributed by atoms with Gasteiger partial charge in [0, 0.05) is 32.5 Å². The van der Waals surface area contributed by atoms with E-state index in [9.17, 15) is 8.42 Å². The standard InChI is InChI=1S/C8H15N3O2S/c1-9-4-5-10-14(12,13)8-3-6-11(2)7-8/h3,6-7,9-10H,4-5H2,1-2H3. The van der Waals surface area contributed by atoms with Crippen LogP contribution in [0.2, 0.25) is 0 Å². The van der Waals surface area contributed by atoms with Crippen LogP contribution in [-0.2, 0) is 17.1 Å². The van der Waals surface area contributed by atoms with E-state index in [0.29, 0.717) is 18.0 Å². The second-order valence-electron chi connectivity index (χ2n) is 3.01. The second kappa shape index (κ2) is 4.59. The molecule has 1 aromatic heterocycles. The Hall–Kier alpha value is -0.850. The molecule has 0 aromatic carbocycles. The van der Waals surface area contributed by atoms with Crippen molar-refractivity contribution in [2.45, 2.75) is 4.90 Å². The number of sulfonamides is 1. The minimum Gasteiger partial charge on any atom is -0.356 e. The molecule has 0 aliphatic heterocycles. The Morgan fingerprint density at radius 2 is 2.14 bits per heavy atom. The SMILES string of the molecule is CNCCNS(=O)(=O)c1ccn(C)c1. The van der Waals surface area contributed by atoms with Crippen LogP contribution < -0.4 is 10.0 Å². The molecule has 1 heterocycles. The molecule has 0 saturated carbocycles. The van der Waals surface area contributed by atoms with Crippen LogP contribution in [-0.4, -0.2) is 33.1 Å². The molecule has 5 nitrogen and oxygen atoms in total. The third kappa shape index (κ3) is 2.83. The van der Waals surface area contributed by atoms with E-state index in [2.05, 4.69) is 10.0 Å². The first kappa shape index (κ1) is 11.2. The molecule has 0 aliphatic rings. The number of hydrogen-bond acceptors (Lipinski definition) is 3. The molecule has 0 atom stereocenters. The van der Waals surface area contributed by atoms with Gasteiger partial charge in [0.15, 0.2) is 0 Å². The van der Waals surface area contributed by atoms with Crippen molar-refractivity contribution in [1.29, 1.82) is 0 Å².